The number of allylic oxidation sites excluding steroid dienone is 2. The van der Waals surface area contributed by atoms with Crippen LogP contribution < -0.4 is 0 Å². The zero-order valence-corrected chi connectivity index (χ0v) is 17.3. The molecule has 0 aromatic heterocycles. The van der Waals surface area contributed by atoms with E-state index in [9.17, 15) is 4.79 Å². The lowest BCUT2D eigenvalue weighted by Gasteiger charge is -2.41. The van der Waals surface area contributed by atoms with E-state index in [0.29, 0.717) is 17.8 Å². The zero-order chi connectivity index (χ0) is 19.5. The van der Waals surface area contributed by atoms with Crippen LogP contribution in [0, 0.1) is 47.3 Å². The van der Waals surface area contributed by atoms with Gasteiger partial charge < -0.3 is 9.47 Å². The fourth-order valence-corrected chi connectivity index (χ4v) is 9.80. The highest BCUT2D eigenvalue weighted by atomic mass is 16.5. The lowest BCUT2D eigenvalue weighted by atomic mass is 9.71. The molecule has 8 atom stereocenters. The van der Waals surface area contributed by atoms with E-state index in [0.717, 1.165) is 48.2 Å². The summed E-state index contributed by atoms with van der Waals surface area (Å²) >= 11 is 0. The molecule has 8 unspecified atom stereocenters. The zero-order valence-electron chi connectivity index (χ0n) is 17.3. The third-order valence-electron chi connectivity index (χ3n) is 10.3. The van der Waals surface area contributed by atoms with Gasteiger partial charge >= 0.3 is 5.97 Å². The highest BCUT2D eigenvalue weighted by molar-refractivity contribution is 5.81. The summed E-state index contributed by atoms with van der Waals surface area (Å²) in [5.74, 6) is 6.97. The van der Waals surface area contributed by atoms with Gasteiger partial charge in [0.15, 0.2) is 0 Å². The van der Waals surface area contributed by atoms with E-state index in [1.807, 2.05) is 0 Å². The van der Waals surface area contributed by atoms with E-state index < -0.39 is 0 Å². The smallest absolute Gasteiger partial charge is 0.330 e. The van der Waals surface area contributed by atoms with Gasteiger partial charge in [-0.1, -0.05) is 18.7 Å². The van der Waals surface area contributed by atoms with E-state index in [2.05, 4.69) is 13.2 Å². The average molecular weight is 393 g/mol. The van der Waals surface area contributed by atoms with Crippen molar-refractivity contribution in [2.45, 2.75) is 69.5 Å². The molecule has 0 spiro atoms. The van der Waals surface area contributed by atoms with Crippen molar-refractivity contribution >= 4 is 5.97 Å². The molecule has 0 heterocycles. The predicted octanol–water partition coefficient (Wildman–Crippen LogP) is 5.19. The minimum atomic E-state index is -0.247. The Labute approximate surface area is 173 Å². The normalized spacial score (nSPS) is 52.3. The molecular formula is C26H32O3. The van der Waals surface area contributed by atoms with Crippen LogP contribution in [-0.4, -0.2) is 17.7 Å². The van der Waals surface area contributed by atoms with Crippen molar-refractivity contribution in [3.05, 3.63) is 36.1 Å². The second kappa shape index (κ2) is 5.59. The number of rotatable bonds is 5. The van der Waals surface area contributed by atoms with Crippen LogP contribution in [0.5, 0.6) is 0 Å². The van der Waals surface area contributed by atoms with Crippen LogP contribution in [-0.2, 0) is 14.3 Å². The quantitative estimate of drug-likeness (QED) is 0.280. The van der Waals surface area contributed by atoms with Crippen molar-refractivity contribution in [1.82, 2.24) is 0 Å². The Kier molecular flexibility index (Phi) is 3.32. The molecule has 3 nitrogen and oxygen atoms in total. The van der Waals surface area contributed by atoms with Gasteiger partial charge in [-0.15, -0.1) is 0 Å². The summed E-state index contributed by atoms with van der Waals surface area (Å²) in [7, 11) is 0. The Morgan fingerprint density at radius 3 is 2.52 bits per heavy atom. The molecule has 0 amide bonds. The standard InChI is InChI=1S/C26H32O3/c1-3-23(27)28-22-9-16-8-21(22)25-15-6-19(20(7-15)24(16)25)13(2)29-26-10-14-4-17(11-26)18(5-14)12-26/h3,14-18,21-22,24-25H,1-2,4-12H2. The van der Waals surface area contributed by atoms with Crippen molar-refractivity contribution in [3.63, 3.8) is 0 Å². The number of esters is 1. The SMILES string of the molecule is C=CC(=O)OC1CC2CC1C1C3CC(C(=C)OC45CC6CC(C4)C(C6)C5)=C(C3)C21. The molecule has 154 valence electrons. The van der Waals surface area contributed by atoms with Crippen LogP contribution in [0.1, 0.15) is 57.8 Å². The lowest BCUT2D eigenvalue weighted by molar-refractivity contribution is -0.147. The first kappa shape index (κ1) is 17.2. The minimum absolute atomic E-state index is 0.123. The van der Waals surface area contributed by atoms with E-state index in [4.69, 9.17) is 9.47 Å². The van der Waals surface area contributed by atoms with Crippen molar-refractivity contribution in [1.29, 1.82) is 0 Å². The van der Waals surface area contributed by atoms with Crippen molar-refractivity contribution in [2.24, 2.45) is 47.3 Å². The van der Waals surface area contributed by atoms with E-state index in [1.54, 1.807) is 5.57 Å². The first-order valence-corrected chi connectivity index (χ1v) is 12.0. The van der Waals surface area contributed by atoms with Gasteiger partial charge in [-0.2, -0.15) is 0 Å². The molecule has 8 bridgehead atoms. The molecule has 0 aromatic carbocycles. The molecule has 29 heavy (non-hydrogen) atoms. The number of carbonyl (C=O) groups excluding carboxylic acids is 1. The van der Waals surface area contributed by atoms with Crippen molar-refractivity contribution in [3.8, 4) is 0 Å². The Balaban J connectivity index is 1.10. The molecule has 0 N–H and O–H groups in total. The van der Waals surface area contributed by atoms with E-state index >= 15 is 0 Å². The van der Waals surface area contributed by atoms with Gasteiger partial charge in [-0.3, -0.25) is 0 Å². The van der Waals surface area contributed by atoms with E-state index in [1.165, 1.54) is 56.6 Å². The van der Waals surface area contributed by atoms with Crippen LogP contribution in [0.3, 0.4) is 0 Å². The number of fused-ring (bicyclic) bond motifs is 9. The van der Waals surface area contributed by atoms with Crippen LogP contribution in [0.2, 0.25) is 0 Å². The topological polar surface area (TPSA) is 35.5 Å². The van der Waals surface area contributed by atoms with Gasteiger partial charge in [-0.25, -0.2) is 4.79 Å². The van der Waals surface area contributed by atoms with Crippen LogP contribution >= 0.6 is 0 Å². The molecule has 8 rings (SSSR count). The molecule has 8 aliphatic rings. The molecule has 0 aromatic rings. The number of hydrogen-bond acceptors (Lipinski definition) is 3. The maximum absolute atomic E-state index is 11.7. The summed E-state index contributed by atoms with van der Waals surface area (Å²) in [5, 5.41) is 0. The fourth-order valence-electron chi connectivity index (χ4n) is 9.80. The van der Waals surface area contributed by atoms with Gasteiger partial charge in [0, 0.05) is 6.08 Å². The largest absolute Gasteiger partial charge is 0.488 e. The van der Waals surface area contributed by atoms with Crippen LogP contribution in [0.15, 0.2) is 36.1 Å². The van der Waals surface area contributed by atoms with Crippen molar-refractivity contribution < 1.29 is 14.3 Å². The highest BCUT2D eigenvalue weighted by Crippen LogP contribution is 2.68. The van der Waals surface area contributed by atoms with Gasteiger partial charge in [0.2, 0.25) is 0 Å². The molecule has 8 aliphatic carbocycles. The van der Waals surface area contributed by atoms with Crippen LogP contribution in [0.4, 0.5) is 0 Å². The Morgan fingerprint density at radius 1 is 1.00 bits per heavy atom. The highest BCUT2D eigenvalue weighted by Gasteiger charge is 2.63. The van der Waals surface area contributed by atoms with Gasteiger partial charge in [0.25, 0.3) is 0 Å². The monoisotopic (exact) mass is 392 g/mol. The lowest BCUT2D eigenvalue weighted by Crippen LogP contribution is -2.38. The molecule has 3 heteroatoms. The van der Waals surface area contributed by atoms with Gasteiger partial charge in [0.05, 0.1) is 0 Å². The number of ether oxygens (including phenoxy) is 2. The van der Waals surface area contributed by atoms with E-state index in [-0.39, 0.29) is 17.7 Å². The minimum Gasteiger partial charge on any atom is -0.488 e. The number of hydrogen-bond donors (Lipinski definition) is 0. The molecule has 0 aliphatic heterocycles. The third kappa shape index (κ3) is 2.23. The maximum atomic E-state index is 11.7. The van der Waals surface area contributed by atoms with Crippen molar-refractivity contribution in [2.75, 3.05) is 0 Å². The van der Waals surface area contributed by atoms with Crippen LogP contribution in [0.25, 0.3) is 0 Å². The fraction of sp³-hybridized carbons (Fsp3) is 0.731. The second-order valence-electron chi connectivity index (χ2n) is 11.5. The summed E-state index contributed by atoms with van der Waals surface area (Å²) in [5.41, 5.74) is 3.29. The summed E-state index contributed by atoms with van der Waals surface area (Å²) in [6.07, 6.45) is 12.9. The Hall–Kier alpha value is -1.51. The molecule has 0 saturated heterocycles. The Bertz CT molecular complexity index is 833. The molecule has 7 fully saturated rings. The molecule has 7 saturated carbocycles. The predicted molar refractivity (Wildman–Crippen MR) is 110 cm³/mol. The third-order valence-corrected chi connectivity index (χ3v) is 10.3. The summed E-state index contributed by atoms with van der Waals surface area (Å²) in [6, 6.07) is 0. The summed E-state index contributed by atoms with van der Waals surface area (Å²) < 4.78 is 12.5. The summed E-state index contributed by atoms with van der Waals surface area (Å²) in [4.78, 5) is 11.7. The Morgan fingerprint density at radius 2 is 1.79 bits per heavy atom. The molecule has 0 radical (unpaired) electrons. The second-order valence-corrected chi connectivity index (χ2v) is 11.5. The van der Waals surface area contributed by atoms with Gasteiger partial charge in [-0.05, 0) is 111 Å². The first-order chi connectivity index (χ1) is 14.0. The maximum Gasteiger partial charge on any atom is 0.330 e. The average Bonchev–Trinajstić information content (AvgIpc) is 3.49. The number of carbonyl (C=O) groups is 1. The first-order valence-electron chi connectivity index (χ1n) is 12.0. The summed E-state index contributed by atoms with van der Waals surface area (Å²) in [6.45, 7) is 8.05. The molecular weight excluding hydrogens is 360 g/mol. The van der Waals surface area contributed by atoms with Gasteiger partial charge in [0.1, 0.15) is 17.5 Å².